The predicted molar refractivity (Wildman–Crippen MR) is 49.8 cm³/mol. The van der Waals surface area contributed by atoms with Gasteiger partial charge in [-0.25, -0.2) is 4.39 Å². The van der Waals surface area contributed by atoms with Crippen molar-refractivity contribution in [3.63, 3.8) is 0 Å². The van der Waals surface area contributed by atoms with Gasteiger partial charge in [-0.1, -0.05) is 6.07 Å². The molecule has 0 atom stereocenters. The molecule has 1 aromatic carbocycles. The van der Waals surface area contributed by atoms with Gasteiger partial charge in [0.1, 0.15) is 5.82 Å². The lowest BCUT2D eigenvalue weighted by molar-refractivity contribution is 0.181. The Morgan fingerprint density at radius 2 is 2.27 bits per heavy atom. The van der Waals surface area contributed by atoms with Crippen LogP contribution in [0.1, 0.15) is 5.56 Å². The molecule has 0 aromatic heterocycles. The Kier molecular flexibility index (Phi) is 3.26. The topological polar surface area (TPSA) is 9.23 Å². The van der Waals surface area contributed by atoms with Crippen molar-refractivity contribution in [2.45, 2.75) is 6.61 Å². The minimum absolute atomic E-state index is 0.196. The van der Waals surface area contributed by atoms with Crippen molar-refractivity contribution in [1.82, 2.24) is 0 Å². The molecule has 0 aliphatic carbocycles. The van der Waals surface area contributed by atoms with Crippen molar-refractivity contribution in [3.05, 3.63) is 33.1 Å². The number of hydrogen-bond donors (Lipinski definition) is 0. The molecule has 0 N–H and O–H groups in total. The molecule has 3 heteroatoms. The summed E-state index contributed by atoms with van der Waals surface area (Å²) in [6.45, 7) is 0.336. The number of halogens is 2. The van der Waals surface area contributed by atoms with Gasteiger partial charge in [-0.2, -0.15) is 0 Å². The number of benzene rings is 1. The summed E-state index contributed by atoms with van der Waals surface area (Å²) in [5.74, 6) is -0.196. The van der Waals surface area contributed by atoms with Crippen LogP contribution in [0.25, 0.3) is 0 Å². The summed E-state index contributed by atoms with van der Waals surface area (Å²) in [7, 11) is 1.55. The van der Waals surface area contributed by atoms with E-state index in [9.17, 15) is 4.39 Å². The summed E-state index contributed by atoms with van der Waals surface area (Å²) in [5.41, 5.74) is 0.605. The van der Waals surface area contributed by atoms with Gasteiger partial charge in [0.15, 0.2) is 0 Å². The fourth-order valence-electron chi connectivity index (χ4n) is 0.794. The molecule has 0 amide bonds. The molecule has 0 saturated carbocycles. The van der Waals surface area contributed by atoms with Gasteiger partial charge >= 0.3 is 0 Å². The number of hydrogen-bond acceptors (Lipinski definition) is 1. The van der Waals surface area contributed by atoms with Crippen LogP contribution < -0.4 is 0 Å². The van der Waals surface area contributed by atoms with Gasteiger partial charge in [0, 0.05) is 16.2 Å². The largest absolute Gasteiger partial charge is 0.380 e. The van der Waals surface area contributed by atoms with Crippen LogP contribution in [0.3, 0.4) is 0 Å². The lowest BCUT2D eigenvalue weighted by Gasteiger charge is -2.00. The molecule has 0 aliphatic heterocycles. The Balaban J connectivity index is 2.90. The van der Waals surface area contributed by atoms with E-state index in [1.54, 1.807) is 13.2 Å². The van der Waals surface area contributed by atoms with Crippen molar-refractivity contribution in [3.8, 4) is 0 Å². The summed E-state index contributed by atoms with van der Waals surface area (Å²) >= 11 is 2.07. The van der Waals surface area contributed by atoms with E-state index in [-0.39, 0.29) is 5.82 Å². The van der Waals surface area contributed by atoms with Crippen LogP contribution in [0.15, 0.2) is 18.2 Å². The van der Waals surface area contributed by atoms with Crippen molar-refractivity contribution >= 4 is 22.6 Å². The SMILES string of the molecule is COCc1ccc(I)cc1F. The minimum atomic E-state index is -0.196. The van der Waals surface area contributed by atoms with Gasteiger partial charge in [-0.15, -0.1) is 0 Å². The second kappa shape index (κ2) is 4.01. The van der Waals surface area contributed by atoms with E-state index in [1.807, 2.05) is 6.07 Å². The molecule has 60 valence electrons. The molecular weight excluding hydrogens is 258 g/mol. The first kappa shape index (κ1) is 8.93. The highest BCUT2D eigenvalue weighted by Crippen LogP contribution is 2.12. The van der Waals surface area contributed by atoms with Crippen molar-refractivity contribution < 1.29 is 9.13 Å². The Morgan fingerprint density at radius 1 is 1.55 bits per heavy atom. The third-order valence-electron chi connectivity index (χ3n) is 1.31. The molecule has 11 heavy (non-hydrogen) atoms. The molecular formula is C8H8FIO. The normalized spacial score (nSPS) is 10.1. The predicted octanol–water partition coefficient (Wildman–Crippen LogP) is 2.58. The maximum atomic E-state index is 13.0. The maximum Gasteiger partial charge on any atom is 0.129 e. The molecule has 0 unspecified atom stereocenters. The van der Waals surface area contributed by atoms with Crippen LogP contribution in [0, 0.1) is 9.39 Å². The highest BCUT2D eigenvalue weighted by molar-refractivity contribution is 14.1. The van der Waals surface area contributed by atoms with E-state index in [4.69, 9.17) is 4.74 Å². The summed E-state index contributed by atoms with van der Waals surface area (Å²) < 4.78 is 18.7. The summed E-state index contributed by atoms with van der Waals surface area (Å²) in [5, 5.41) is 0. The van der Waals surface area contributed by atoms with Crippen LogP contribution >= 0.6 is 22.6 Å². The average Bonchev–Trinajstić information content (AvgIpc) is 1.95. The van der Waals surface area contributed by atoms with Crippen molar-refractivity contribution in [1.29, 1.82) is 0 Å². The quantitative estimate of drug-likeness (QED) is 0.747. The van der Waals surface area contributed by atoms with E-state index in [0.717, 1.165) is 3.57 Å². The Bertz CT molecular complexity index is 250. The highest BCUT2D eigenvalue weighted by Gasteiger charge is 2.00. The standard InChI is InChI=1S/C8H8FIO/c1-11-5-6-2-3-7(10)4-8(6)9/h2-4H,5H2,1H3. The third-order valence-corrected chi connectivity index (χ3v) is 1.99. The fraction of sp³-hybridized carbons (Fsp3) is 0.250. The minimum Gasteiger partial charge on any atom is -0.380 e. The van der Waals surface area contributed by atoms with Gasteiger partial charge in [-0.05, 0) is 34.7 Å². The zero-order valence-electron chi connectivity index (χ0n) is 6.10. The second-order valence-electron chi connectivity index (χ2n) is 2.17. The van der Waals surface area contributed by atoms with Crippen molar-refractivity contribution in [2.24, 2.45) is 0 Å². The number of methoxy groups -OCH3 is 1. The average molecular weight is 266 g/mol. The molecule has 0 aliphatic rings. The molecule has 1 nitrogen and oxygen atoms in total. The smallest absolute Gasteiger partial charge is 0.129 e. The van der Waals surface area contributed by atoms with E-state index >= 15 is 0 Å². The van der Waals surface area contributed by atoms with Gasteiger partial charge in [0.2, 0.25) is 0 Å². The van der Waals surface area contributed by atoms with Gasteiger partial charge in [0.05, 0.1) is 6.61 Å². The van der Waals surface area contributed by atoms with Crippen LogP contribution in [-0.4, -0.2) is 7.11 Å². The maximum absolute atomic E-state index is 13.0. The molecule has 0 fully saturated rings. The lowest BCUT2D eigenvalue weighted by atomic mass is 10.2. The van der Waals surface area contributed by atoms with Gasteiger partial charge < -0.3 is 4.74 Å². The zero-order valence-corrected chi connectivity index (χ0v) is 8.26. The molecule has 1 rings (SSSR count). The number of rotatable bonds is 2. The molecule has 0 saturated heterocycles. The first-order valence-electron chi connectivity index (χ1n) is 3.17. The Hall–Kier alpha value is -0.160. The number of ether oxygens (including phenoxy) is 1. The molecule has 1 aromatic rings. The molecule has 0 heterocycles. The van der Waals surface area contributed by atoms with Gasteiger partial charge in [-0.3, -0.25) is 0 Å². The third kappa shape index (κ3) is 2.41. The van der Waals surface area contributed by atoms with Crippen LogP contribution in [-0.2, 0) is 11.3 Å². The van der Waals surface area contributed by atoms with E-state index in [0.29, 0.717) is 12.2 Å². The van der Waals surface area contributed by atoms with E-state index in [1.165, 1.54) is 6.07 Å². The first-order valence-corrected chi connectivity index (χ1v) is 4.25. The zero-order chi connectivity index (χ0) is 8.27. The fourth-order valence-corrected chi connectivity index (χ4v) is 1.25. The molecule has 0 spiro atoms. The second-order valence-corrected chi connectivity index (χ2v) is 3.41. The molecule has 0 radical (unpaired) electrons. The summed E-state index contributed by atoms with van der Waals surface area (Å²) in [4.78, 5) is 0. The van der Waals surface area contributed by atoms with Crippen molar-refractivity contribution in [2.75, 3.05) is 7.11 Å². The van der Waals surface area contributed by atoms with Crippen LogP contribution in [0.4, 0.5) is 4.39 Å². The first-order chi connectivity index (χ1) is 5.24. The van der Waals surface area contributed by atoms with E-state index in [2.05, 4.69) is 22.6 Å². The molecule has 0 bridgehead atoms. The van der Waals surface area contributed by atoms with Gasteiger partial charge in [0.25, 0.3) is 0 Å². The monoisotopic (exact) mass is 266 g/mol. The summed E-state index contributed by atoms with van der Waals surface area (Å²) in [6, 6.07) is 5.09. The Labute approximate surface area is 78.7 Å². The van der Waals surface area contributed by atoms with E-state index < -0.39 is 0 Å². The highest BCUT2D eigenvalue weighted by atomic mass is 127. The van der Waals surface area contributed by atoms with Crippen LogP contribution in [0.5, 0.6) is 0 Å². The summed E-state index contributed by atoms with van der Waals surface area (Å²) in [6.07, 6.45) is 0. The van der Waals surface area contributed by atoms with Crippen LogP contribution in [0.2, 0.25) is 0 Å². The lowest BCUT2D eigenvalue weighted by Crippen LogP contribution is -1.92. The Morgan fingerprint density at radius 3 is 2.82 bits per heavy atom.